The molecule has 56 valence electrons. The van der Waals surface area contributed by atoms with Crippen LogP contribution in [0.2, 0.25) is 0 Å². The molecule has 0 aliphatic carbocycles. The topological polar surface area (TPSA) is 54.4 Å². The minimum atomic E-state index is -2.39. The summed E-state index contributed by atoms with van der Waals surface area (Å²) in [6, 6.07) is 0. The van der Waals surface area contributed by atoms with E-state index in [0.29, 0.717) is 6.16 Å². The lowest BCUT2D eigenvalue weighted by Crippen LogP contribution is -1.88. The Kier molecular flexibility index (Phi) is 3.72. The van der Waals surface area contributed by atoms with Gasteiger partial charge in [-0.25, -0.2) is 0 Å². The molecule has 0 rings (SSSR count). The van der Waals surface area contributed by atoms with Gasteiger partial charge in [0.25, 0.3) is 0 Å². The molecule has 0 aromatic rings. The van der Waals surface area contributed by atoms with E-state index in [9.17, 15) is 9.13 Å². The van der Waals surface area contributed by atoms with Gasteiger partial charge in [-0.2, -0.15) is 0 Å². The maximum atomic E-state index is 10.9. The Labute approximate surface area is 55.7 Å². The van der Waals surface area contributed by atoms with Crippen molar-refractivity contribution in [3.05, 3.63) is 0 Å². The van der Waals surface area contributed by atoms with E-state index in [-0.39, 0.29) is 6.16 Å². The minimum Gasteiger partial charge on any atom is -0.346 e. The third-order valence-corrected chi connectivity index (χ3v) is 3.26. The van der Waals surface area contributed by atoms with Crippen LogP contribution in [0.15, 0.2) is 0 Å². The molecule has 0 aromatic carbocycles. The molecule has 0 radical (unpaired) electrons. The van der Waals surface area contributed by atoms with Crippen molar-refractivity contribution in [1.29, 1.82) is 0 Å². The lowest BCUT2D eigenvalue weighted by molar-refractivity contribution is 0.504. The molecule has 0 aromatic heterocycles. The summed E-state index contributed by atoms with van der Waals surface area (Å²) < 4.78 is 21.0. The first-order valence-corrected chi connectivity index (χ1v) is 7.02. The van der Waals surface area contributed by atoms with E-state index in [4.69, 9.17) is 4.89 Å². The smallest absolute Gasteiger partial charge is 0.189 e. The highest BCUT2D eigenvalue weighted by Crippen LogP contribution is 2.37. The van der Waals surface area contributed by atoms with Gasteiger partial charge < -0.3 is 9.46 Å². The number of hydrogen-bond donors (Lipinski definition) is 1. The van der Waals surface area contributed by atoms with Gasteiger partial charge in [-0.3, -0.25) is 4.57 Å². The van der Waals surface area contributed by atoms with Gasteiger partial charge in [0, 0.05) is 12.3 Å². The molecular formula is C4H12O3P2. The van der Waals surface area contributed by atoms with Crippen molar-refractivity contribution >= 4 is 15.2 Å². The quantitative estimate of drug-likeness (QED) is 0.644. The Balaban J connectivity index is 3.53. The second-order valence-electron chi connectivity index (χ2n) is 2.44. The second-order valence-corrected chi connectivity index (χ2v) is 7.32. The Hall–Kier alpha value is 0.420. The Morgan fingerprint density at radius 1 is 1.56 bits per heavy atom. The van der Waals surface area contributed by atoms with Crippen LogP contribution in [0.1, 0.15) is 0 Å². The molecule has 0 bridgehead atoms. The molecule has 0 spiro atoms. The molecular weight excluding hydrogens is 158 g/mol. The number of hydrogen-bond acceptors (Lipinski definition) is 2. The van der Waals surface area contributed by atoms with E-state index < -0.39 is 15.2 Å². The average molecular weight is 170 g/mol. The van der Waals surface area contributed by atoms with E-state index in [2.05, 4.69) is 0 Å². The molecule has 0 heterocycles. The fourth-order valence-corrected chi connectivity index (χ4v) is 3.28. The summed E-state index contributed by atoms with van der Waals surface area (Å²) in [6.07, 6.45) is 0.593. The van der Waals surface area contributed by atoms with Crippen molar-refractivity contribution in [1.82, 2.24) is 0 Å². The van der Waals surface area contributed by atoms with Crippen molar-refractivity contribution in [3.8, 4) is 0 Å². The Morgan fingerprint density at radius 2 is 2.00 bits per heavy atom. The first kappa shape index (κ1) is 9.42. The Bertz CT molecular complexity index is 148. The summed E-state index contributed by atoms with van der Waals surface area (Å²) in [6.45, 7) is 3.25. The lowest BCUT2D eigenvalue weighted by atomic mass is 11.0. The molecule has 0 saturated heterocycles. The molecule has 0 aliphatic rings. The van der Waals surface area contributed by atoms with E-state index >= 15 is 0 Å². The first-order valence-electron chi connectivity index (χ1n) is 2.67. The average Bonchev–Trinajstić information content (AvgIpc) is 1.59. The zero-order valence-electron chi connectivity index (χ0n) is 5.63. The van der Waals surface area contributed by atoms with Crippen LogP contribution < -0.4 is 0 Å². The van der Waals surface area contributed by atoms with Crippen LogP contribution >= 0.6 is 15.2 Å². The van der Waals surface area contributed by atoms with Crippen molar-refractivity contribution < 1.29 is 14.0 Å². The van der Waals surface area contributed by atoms with Gasteiger partial charge in [-0.1, -0.05) is 0 Å². The van der Waals surface area contributed by atoms with Crippen molar-refractivity contribution in [2.75, 3.05) is 25.7 Å². The third-order valence-electron chi connectivity index (χ3n) is 0.864. The zero-order chi connectivity index (χ0) is 7.49. The fraction of sp³-hybridized carbons (Fsp3) is 1.00. The van der Waals surface area contributed by atoms with Gasteiger partial charge >= 0.3 is 0 Å². The molecule has 5 heteroatoms. The highest BCUT2D eigenvalue weighted by molar-refractivity contribution is 7.63. The van der Waals surface area contributed by atoms with Crippen LogP contribution in [0, 0.1) is 0 Å². The molecule has 9 heavy (non-hydrogen) atoms. The molecule has 1 atom stereocenters. The lowest BCUT2D eigenvalue weighted by Gasteiger charge is -2.01. The van der Waals surface area contributed by atoms with Gasteiger partial charge in [0.05, 0.1) is 7.14 Å². The van der Waals surface area contributed by atoms with Gasteiger partial charge in [-0.15, -0.1) is 0 Å². The van der Waals surface area contributed by atoms with E-state index in [1.165, 1.54) is 0 Å². The second kappa shape index (κ2) is 3.55. The summed E-state index contributed by atoms with van der Waals surface area (Å²) in [5, 5.41) is 0. The largest absolute Gasteiger partial charge is 0.346 e. The van der Waals surface area contributed by atoms with Crippen LogP contribution in [0.25, 0.3) is 0 Å². The maximum Gasteiger partial charge on any atom is 0.189 e. The fourth-order valence-electron chi connectivity index (χ4n) is 0.365. The van der Waals surface area contributed by atoms with Crippen LogP contribution in [0.4, 0.5) is 0 Å². The third kappa shape index (κ3) is 8.42. The van der Waals surface area contributed by atoms with Gasteiger partial charge in [0.1, 0.15) is 0 Å². The van der Waals surface area contributed by atoms with E-state index in [1.807, 2.05) is 0 Å². The normalized spacial score (nSPS) is 15.4. The van der Waals surface area contributed by atoms with Crippen LogP contribution in [0.5, 0.6) is 0 Å². The molecule has 0 saturated carbocycles. The highest BCUT2D eigenvalue weighted by atomic mass is 31.2. The first-order chi connectivity index (χ1) is 3.92. The van der Waals surface area contributed by atoms with Crippen molar-refractivity contribution in [2.24, 2.45) is 0 Å². The molecule has 1 unspecified atom stereocenters. The summed E-state index contributed by atoms with van der Waals surface area (Å²) in [5.74, 6) is 0. The predicted molar refractivity (Wildman–Crippen MR) is 40.4 cm³/mol. The molecule has 3 nitrogen and oxygen atoms in total. The standard InChI is InChI=1S/C4H12O3P2/c1-9(2,7)4-3-8(5)6/h8H,3-4H2,1-2H3,(H,5,6). The summed E-state index contributed by atoms with van der Waals surface area (Å²) in [5.41, 5.74) is 0. The molecule has 0 fully saturated rings. The highest BCUT2D eigenvalue weighted by Gasteiger charge is 2.07. The maximum absolute atomic E-state index is 10.9. The monoisotopic (exact) mass is 170 g/mol. The van der Waals surface area contributed by atoms with Crippen molar-refractivity contribution in [3.63, 3.8) is 0 Å². The van der Waals surface area contributed by atoms with Gasteiger partial charge in [0.15, 0.2) is 8.03 Å². The Morgan fingerprint density at radius 3 is 2.11 bits per heavy atom. The summed E-state index contributed by atoms with van der Waals surface area (Å²) in [4.78, 5) is 8.34. The molecule has 0 aliphatic heterocycles. The van der Waals surface area contributed by atoms with Crippen LogP contribution in [-0.2, 0) is 9.13 Å². The predicted octanol–water partition coefficient (Wildman–Crippen LogP) is 1.08. The van der Waals surface area contributed by atoms with Crippen molar-refractivity contribution in [2.45, 2.75) is 0 Å². The zero-order valence-corrected chi connectivity index (χ0v) is 7.52. The van der Waals surface area contributed by atoms with E-state index in [0.717, 1.165) is 0 Å². The van der Waals surface area contributed by atoms with Gasteiger partial charge in [-0.05, 0) is 13.3 Å². The van der Waals surface area contributed by atoms with Crippen LogP contribution in [0.3, 0.4) is 0 Å². The van der Waals surface area contributed by atoms with Crippen LogP contribution in [-0.4, -0.2) is 30.5 Å². The SMILES string of the molecule is CP(C)(=O)CC[PH](=O)O. The molecule has 0 amide bonds. The number of rotatable bonds is 3. The summed E-state index contributed by atoms with van der Waals surface area (Å²) in [7, 11) is -4.44. The van der Waals surface area contributed by atoms with Gasteiger partial charge in [0.2, 0.25) is 0 Å². The summed E-state index contributed by atoms with van der Waals surface area (Å²) >= 11 is 0. The minimum absolute atomic E-state index is 0.203. The van der Waals surface area contributed by atoms with E-state index in [1.54, 1.807) is 13.3 Å². The molecule has 1 N–H and O–H groups in total.